The third-order valence-electron chi connectivity index (χ3n) is 8.19. The van der Waals surface area contributed by atoms with Crippen molar-refractivity contribution in [2.24, 2.45) is 0 Å². The average molecular weight is 635 g/mol. The van der Waals surface area contributed by atoms with E-state index in [1.165, 1.54) is 6.33 Å². The van der Waals surface area contributed by atoms with Crippen molar-refractivity contribution in [2.45, 2.75) is 68.7 Å². The highest BCUT2D eigenvalue weighted by molar-refractivity contribution is 5.90. The molecular weight excluding hydrogens is 606 g/mol. The van der Waals surface area contributed by atoms with Crippen LogP contribution in [0.25, 0.3) is 22.3 Å². The van der Waals surface area contributed by atoms with Gasteiger partial charge in [0.05, 0.1) is 36.6 Å². The summed E-state index contributed by atoms with van der Waals surface area (Å²) in [4.78, 5) is 20.8. The lowest BCUT2D eigenvalue weighted by molar-refractivity contribution is -0.145. The van der Waals surface area contributed by atoms with Crippen LogP contribution in [0.3, 0.4) is 0 Å². The van der Waals surface area contributed by atoms with Gasteiger partial charge in [-0.05, 0) is 31.7 Å². The summed E-state index contributed by atoms with van der Waals surface area (Å²) < 4.78 is 85.2. The van der Waals surface area contributed by atoms with E-state index >= 15 is 0 Å². The van der Waals surface area contributed by atoms with Gasteiger partial charge in [0.25, 0.3) is 0 Å². The first-order valence-electron chi connectivity index (χ1n) is 14.3. The quantitative estimate of drug-likeness (QED) is 0.254. The molecule has 5 heterocycles. The molecule has 0 amide bonds. The van der Waals surface area contributed by atoms with Crippen LogP contribution in [0, 0.1) is 11.3 Å². The average Bonchev–Trinajstić information content (AvgIpc) is 3.65. The number of halogens is 6. The van der Waals surface area contributed by atoms with Crippen LogP contribution in [0.15, 0.2) is 37.1 Å². The number of alkyl halides is 6. The van der Waals surface area contributed by atoms with Gasteiger partial charge in [0.1, 0.15) is 23.6 Å². The van der Waals surface area contributed by atoms with Gasteiger partial charge in [-0.1, -0.05) is 0 Å². The summed E-state index contributed by atoms with van der Waals surface area (Å²) in [6, 6.07) is 5.51. The molecule has 4 aromatic rings. The van der Waals surface area contributed by atoms with E-state index in [4.69, 9.17) is 4.74 Å². The summed E-state index contributed by atoms with van der Waals surface area (Å²) in [6.07, 6.45) is -0.132. The molecule has 0 unspecified atom stereocenters. The lowest BCUT2D eigenvalue weighted by atomic mass is 9.82. The molecule has 2 N–H and O–H groups in total. The third-order valence-corrected chi connectivity index (χ3v) is 8.19. The largest absolute Gasteiger partial charge is 0.474 e. The summed E-state index contributed by atoms with van der Waals surface area (Å²) >= 11 is 0. The van der Waals surface area contributed by atoms with Gasteiger partial charge < -0.3 is 15.0 Å². The Morgan fingerprint density at radius 3 is 2.58 bits per heavy atom. The van der Waals surface area contributed by atoms with Gasteiger partial charge in [-0.3, -0.25) is 9.58 Å². The first-order valence-corrected chi connectivity index (χ1v) is 14.3. The van der Waals surface area contributed by atoms with E-state index in [-0.39, 0.29) is 24.0 Å². The van der Waals surface area contributed by atoms with E-state index in [1.807, 2.05) is 22.3 Å². The Morgan fingerprint density at radius 1 is 1.09 bits per heavy atom. The summed E-state index contributed by atoms with van der Waals surface area (Å²) in [7, 11) is 0. The molecule has 1 saturated heterocycles. The minimum Gasteiger partial charge on any atom is -0.474 e. The lowest BCUT2D eigenvalue weighted by Crippen LogP contribution is -2.65. The molecule has 0 spiro atoms. The van der Waals surface area contributed by atoms with Gasteiger partial charge in [-0.15, -0.1) is 0 Å². The Morgan fingerprint density at radius 2 is 1.87 bits per heavy atom. The van der Waals surface area contributed by atoms with Gasteiger partial charge in [-0.25, -0.2) is 15.0 Å². The normalized spacial score (nSPS) is 20.6. The van der Waals surface area contributed by atoms with Crippen molar-refractivity contribution in [3.8, 4) is 23.2 Å². The van der Waals surface area contributed by atoms with E-state index in [2.05, 4.69) is 41.0 Å². The van der Waals surface area contributed by atoms with Crippen LogP contribution in [-0.2, 0) is 18.3 Å². The van der Waals surface area contributed by atoms with Crippen molar-refractivity contribution in [2.75, 3.05) is 19.6 Å². The number of nitriles is 1. The molecule has 1 saturated carbocycles. The Labute approximate surface area is 252 Å². The second kappa shape index (κ2) is 11.9. The maximum absolute atomic E-state index is 13.4. The van der Waals surface area contributed by atoms with Crippen molar-refractivity contribution in [1.82, 2.24) is 44.9 Å². The molecule has 1 aliphatic carbocycles. The summed E-state index contributed by atoms with van der Waals surface area (Å²) in [5, 5.41) is 17.1. The topological polar surface area (TPSA) is 133 Å². The van der Waals surface area contributed by atoms with E-state index in [0.717, 1.165) is 22.7 Å². The second-order valence-corrected chi connectivity index (χ2v) is 11.4. The minimum absolute atomic E-state index is 0.186. The fourth-order valence-corrected chi connectivity index (χ4v) is 6.04. The van der Waals surface area contributed by atoms with E-state index in [9.17, 15) is 31.6 Å². The summed E-state index contributed by atoms with van der Waals surface area (Å²) in [6.45, 7) is -0.682. The molecule has 238 valence electrons. The van der Waals surface area contributed by atoms with Crippen LogP contribution in [-0.4, -0.2) is 77.6 Å². The number of nitrogens with zero attached hydrogens (tertiary/aromatic N) is 8. The predicted molar refractivity (Wildman–Crippen MR) is 146 cm³/mol. The van der Waals surface area contributed by atoms with E-state index in [0.29, 0.717) is 44.4 Å². The lowest BCUT2D eigenvalue weighted by Gasteiger charge is -2.53. The molecule has 1 aliphatic heterocycles. The Kier molecular flexibility index (Phi) is 8.12. The zero-order chi connectivity index (χ0) is 31.8. The molecule has 45 heavy (non-hydrogen) atoms. The molecule has 4 aromatic heterocycles. The van der Waals surface area contributed by atoms with Crippen LogP contribution in [0.1, 0.15) is 43.6 Å². The number of hydrogen-bond acceptors (Lipinski definition) is 9. The fraction of sp³-hybridized carbons (Fsp3) is 0.500. The molecule has 2 aliphatic rings. The number of aromatic nitrogens is 7. The Hall–Kier alpha value is -4.30. The molecule has 6 rings (SSSR count). The van der Waals surface area contributed by atoms with Gasteiger partial charge >= 0.3 is 12.4 Å². The molecule has 0 aromatic carbocycles. The van der Waals surface area contributed by atoms with Crippen LogP contribution in [0.5, 0.6) is 5.88 Å². The Bertz CT molecular complexity index is 1680. The zero-order valence-corrected chi connectivity index (χ0v) is 23.7. The zero-order valence-electron chi connectivity index (χ0n) is 23.7. The van der Waals surface area contributed by atoms with Crippen molar-refractivity contribution in [3.63, 3.8) is 0 Å². The van der Waals surface area contributed by atoms with E-state index in [1.54, 1.807) is 12.4 Å². The molecule has 0 radical (unpaired) electrons. The Balaban J connectivity index is 1.07. The minimum atomic E-state index is -4.89. The van der Waals surface area contributed by atoms with Crippen molar-refractivity contribution in [1.29, 1.82) is 5.26 Å². The first kappa shape index (κ1) is 30.7. The van der Waals surface area contributed by atoms with Crippen molar-refractivity contribution < 1.29 is 31.1 Å². The predicted octanol–water partition coefficient (Wildman–Crippen LogP) is 4.60. The van der Waals surface area contributed by atoms with Crippen molar-refractivity contribution >= 4 is 11.0 Å². The van der Waals surface area contributed by atoms with Crippen LogP contribution >= 0.6 is 0 Å². The highest BCUT2D eigenvalue weighted by atomic mass is 19.4. The first-order chi connectivity index (χ1) is 21.4. The summed E-state index contributed by atoms with van der Waals surface area (Å²) in [5.74, 6) is -1.79. The second-order valence-electron chi connectivity index (χ2n) is 11.4. The molecular formula is C28H28F6N10O. The number of hydrogen-bond donors (Lipinski definition) is 2. The number of ether oxygens (including phenoxy) is 1. The number of fused-ring (bicyclic) bond motifs is 1. The van der Waals surface area contributed by atoms with Crippen LogP contribution in [0.4, 0.5) is 26.3 Å². The molecule has 0 bridgehead atoms. The van der Waals surface area contributed by atoms with Gasteiger partial charge in [0.15, 0.2) is 0 Å². The molecule has 2 fully saturated rings. The summed E-state index contributed by atoms with van der Waals surface area (Å²) in [5.41, 5.74) is 1.51. The van der Waals surface area contributed by atoms with E-state index < -0.39 is 42.9 Å². The monoisotopic (exact) mass is 634 g/mol. The molecule has 17 heteroatoms. The number of aromatic amines is 1. The van der Waals surface area contributed by atoms with Crippen LogP contribution < -0.4 is 10.1 Å². The molecule has 11 nitrogen and oxygen atoms in total. The van der Waals surface area contributed by atoms with Crippen molar-refractivity contribution in [3.05, 3.63) is 48.6 Å². The highest BCUT2D eigenvalue weighted by Crippen LogP contribution is 2.39. The molecule has 0 atom stereocenters. The maximum Gasteiger partial charge on any atom is 0.451 e. The van der Waals surface area contributed by atoms with Gasteiger partial charge in [0, 0.05) is 55.1 Å². The smallest absolute Gasteiger partial charge is 0.451 e. The van der Waals surface area contributed by atoms with Crippen LogP contribution in [0.2, 0.25) is 0 Å². The number of nitrogens with one attached hydrogen (secondary N) is 2. The maximum atomic E-state index is 13.4. The SMILES string of the molecule is N#CCC1(n2cc(-c3ncnc4[nH]ccc34)cn2)CN(C2CCC(Oc3cc(CNCC(F)(F)F)nc(C(F)(F)F)n3)CC2)C1. The number of likely N-dealkylation sites (tertiary alicyclic amines) is 1. The van der Waals surface area contributed by atoms with Gasteiger partial charge in [0.2, 0.25) is 11.7 Å². The van der Waals surface area contributed by atoms with Gasteiger partial charge in [-0.2, -0.15) is 41.7 Å². The third kappa shape index (κ3) is 6.71. The highest BCUT2D eigenvalue weighted by Gasteiger charge is 2.48. The number of rotatable bonds is 9. The fourth-order valence-electron chi connectivity index (χ4n) is 6.04. The number of H-pyrrole nitrogens is 1. The standard InChI is InChI=1S/C28H28F6N10O/c29-27(30,31)13-36-11-18-9-22(42-25(41-18)28(32,33)34)45-20-3-1-19(2-4-20)43-14-26(15-43,6-7-35)44-12-17(10-40-44)23-21-5-8-37-24(21)39-16-38-23/h5,8-10,12,16,19-20,36H,1-4,6,11,13-15H2,(H,37,38,39).